The van der Waals surface area contributed by atoms with E-state index in [2.05, 4.69) is 5.32 Å². The standard InChI is InChI=1S/C13H23N3O3/c1-19-10-7-11(15-8-10)13(18)16-4-2-9(3-5-16)6-12(14)17/h9-11,15H,2-8H2,1H3,(H2,14,17). The van der Waals surface area contributed by atoms with E-state index in [9.17, 15) is 9.59 Å². The molecule has 0 spiro atoms. The van der Waals surface area contributed by atoms with Crippen LogP contribution < -0.4 is 11.1 Å². The van der Waals surface area contributed by atoms with Crippen molar-refractivity contribution < 1.29 is 14.3 Å². The molecule has 19 heavy (non-hydrogen) atoms. The van der Waals surface area contributed by atoms with Crippen LogP contribution in [0.15, 0.2) is 0 Å². The van der Waals surface area contributed by atoms with Crippen molar-refractivity contribution in [2.24, 2.45) is 11.7 Å². The molecule has 3 N–H and O–H groups in total. The van der Waals surface area contributed by atoms with Crippen LogP contribution in [0.3, 0.4) is 0 Å². The highest BCUT2D eigenvalue weighted by Gasteiger charge is 2.33. The van der Waals surface area contributed by atoms with E-state index >= 15 is 0 Å². The first kappa shape index (κ1) is 14.3. The van der Waals surface area contributed by atoms with Gasteiger partial charge in [0.2, 0.25) is 11.8 Å². The first-order valence-electron chi connectivity index (χ1n) is 6.93. The maximum absolute atomic E-state index is 12.3. The van der Waals surface area contributed by atoms with Gasteiger partial charge in [-0.05, 0) is 25.2 Å². The van der Waals surface area contributed by atoms with Gasteiger partial charge in [-0.15, -0.1) is 0 Å². The minimum absolute atomic E-state index is 0.113. The van der Waals surface area contributed by atoms with Crippen LogP contribution in [0.1, 0.15) is 25.7 Å². The second kappa shape index (κ2) is 6.34. The number of carbonyl (C=O) groups is 2. The summed E-state index contributed by atoms with van der Waals surface area (Å²) in [6, 6.07) is -0.113. The monoisotopic (exact) mass is 269 g/mol. The molecule has 0 bridgehead atoms. The highest BCUT2D eigenvalue weighted by molar-refractivity contribution is 5.82. The second-order valence-corrected chi connectivity index (χ2v) is 5.49. The van der Waals surface area contributed by atoms with Crippen LogP contribution in [0, 0.1) is 5.92 Å². The molecule has 2 fully saturated rings. The van der Waals surface area contributed by atoms with Crippen LogP contribution >= 0.6 is 0 Å². The number of carbonyl (C=O) groups excluding carboxylic acids is 2. The number of nitrogens with zero attached hydrogens (tertiary/aromatic N) is 1. The van der Waals surface area contributed by atoms with Crippen LogP contribution in [0.4, 0.5) is 0 Å². The summed E-state index contributed by atoms with van der Waals surface area (Å²) in [7, 11) is 1.68. The third kappa shape index (κ3) is 3.67. The van der Waals surface area contributed by atoms with Crippen LogP contribution in [0.25, 0.3) is 0 Å². The zero-order valence-electron chi connectivity index (χ0n) is 11.4. The quantitative estimate of drug-likeness (QED) is 0.719. The largest absolute Gasteiger partial charge is 0.380 e. The van der Waals surface area contributed by atoms with Gasteiger partial charge in [-0.3, -0.25) is 9.59 Å². The number of rotatable bonds is 4. The zero-order chi connectivity index (χ0) is 13.8. The van der Waals surface area contributed by atoms with Gasteiger partial charge < -0.3 is 20.7 Å². The maximum Gasteiger partial charge on any atom is 0.239 e. The SMILES string of the molecule is COC1CNC(C(=O)N2CCC(CC(N)=O)CC2)C1. The number of hydrogen-bond donors (Lipinski definition) is 2. The molecule has 2 aliphatic rings. The Hall–Kier alpha value is -1.14. The van der Waals surface area contributed by atoms with Crippen LogP contribution in [0.2, 0.25) is 0 Å². The van der Waals surface area contributed by atoms with E-state index in [1.807, 2.05) is 4.90 Å². The van der Waals surface area contributed by atoms with Crippen molar-refractivity contribution in [2.75, 3.05) is 26.7 Å². The predicted octanol–water partition coefficient (Wildman–Crippen LogP) is -0.523. The molecular formula is C13H23N3O3. The number of amides is 2. The third-order valence-corrected chi connectivity index (χ3v) is 4.14. The Labute approximate surface area is 113 Å². The van der Waals surface area contributed by atoms with E-state index in [4.69, 9.17) is 10.5 Å². The van der Waals surface area contributed by atoms with Gasteiger partial charge in [0, 0.05) is 33.2 Å². The number of piperidine rings is 1. The number of methoxy groups -OCH3 is 1. The van der Waals surface area contributed by atoms with E-state index in [1.165, 1.54) is 0 Å². The summed E-state index contributed by atoms with van der Waals surface area (Å²) in [5, 5.41) is 3.21. The molecule has 2 amide bonds. The van der Waals surface area contributed by atoms with Crippen molar-refractivity contribution >= 4 is 11.8 Å². The Morgan fingerprint density at radius 2 is 2.05 bits per heavy atom. The number of likely N-dealkylation sites (tertiary alicyclic amines) is 1. The van der Waals surface area contributed by atoms with Crippen LogP contribution in [0.5, 0.6) is 0 Å². The molecule has 2 heterocycles. The Morgan fingerprint density at radius 3 is 2.58 bits per heavy atom. The van der Waals surface area contributed by atoms with Gasteiger partial charge in [0.1, 0.15) is 0 Å². The molecule has 2 atom stereocenters. The van der Waals surface area contributed by atoms with Gasteiger partial charge >= 0.3 is 0 Å². The summed E-state index contributed by atoms with van der Waals surface area (Å²) in [6.07, 6.45) is 3.07. The topological polar surface area (TPSA) is 84.7 Å². The van der Waals surface area contributed by atoms with Crippen LogP contribution in [-0.2, 0) is 14.3 Å². The summed E-state index contributed by atoms with van der Waals surface area (Å²) in [5.74, 6) is 0.257. The fraction of sp³-hybridized carbons (Fsp3) is 0.846. The van der Waals surface area contributed by atoms with Gasteiger partial charge in [-0.25, -0.2) is 0 Å². The van der Waals surface area contributed by atoms with E-state index in [-0.39, 0.29) is 24.0 Å². The fourth-order valence-corrected chi connectivity index (χ4v) is 2.93. The number of hydrogen-bond acceptors (Lipinski definition) is 4. The molecule has 2 saturated heterocycles. The van der Waals surface area contributed by atoms with Crippen molar-refractivity contribution in [2.45, 2.75) is 37.8 Å². The summed E-state index contributed by atoms with van der Waals surface area (Å²) in [4.78, 5) is 25.1. The molecule has 2 rings (SSSR count). The molecule has 108 valence electrons. The molecule has 0 aromatic carbocycles. The molecule has 0 radical (unpaired) electrons. The van der Waals surface area contributed by atoms with Crippen molar-refractivity contribution in [1.82, 2.24) is 10.2 Å². The minimum atomic E-state index is -0.245. The Kier molecular flexibility index (Phi) is 4.76. The van der Waals surface area contributed by atoms with Gasteiger partial charge in [0.15, 0.2) is 0 Å². The summed E-state index contributed by atoms with van der Waals surface area (Å²) in [6.45, 7) is 2.20. The molecular weight excluding hydrogens is 246 g/mol. The van der Waals surface area contributed by atoms with E-state index in [0.717, 1.165) is 38.9 Å². The normalized spacial score (nSPS) is 28.6. The average molecular weight is 269 g/mol. The predicted molar refractivity (Wildman–Crippen MR) is 70.3 cm³/mol. The minimum Gasteiger partial charge on any atom is -0.380 e. The lowest BCUT2D eigenvalue weighted by molar-refractivity contribution is -0.134. The lowest BCUT2D eigenvalue weighted by atomic mass is 9.93. The van der Waals surface area contributed by atoms with Crippen molar-refractivity contribution in [3.8, 4) is 0 Å². The highest BCUT2D eigenvalue weighted by Crippen LogP contribution is 2.22. The number of ether oxygens (including phenoxy) is 1. The molecule has 2 unspecified atom stereocenters. The Bertz CT molecular complexity index is 340. The van der Waals surface area contributed by atoms with Gasteiger partial charge in [0.25, 0.3) is 0 Å². The molecule has 0 aromatic rings. The molecule has 6 nitrogen and oxygen atoms in total. The Morgan fingerprint density at radius 1 is 1.37 bits per heavy atom. The van der Waals surface area contributed by atoms with Gasteiger partial charge in [-0.1, -0.05) is 0 Å². The number of primary amides is 1. The van der Waals surface area contributed by atoms with Crippen molar-refractivity contribution in [3.05, 3.63) is 0 Å². The maximum atomic E-state index is 12.3. The number of nitrogens with two attached hydrogens (primary N) is 1. The molecule has 2 aliphatic heterocycles. The lowest BCUT2D eigenvalue weighted by Crippen LogP contribution is -2.47. The smallest absolute Gasteiger partial charge is 0.239 e. The van der Waals surface area contributed by atoms with E-state index < -0.39 is 0 Å². The summed E-state index contributed by atoms with van der Waals surface area (Å²) < 4.78 is 5.26. The van der Waals surface area contributed by atoms with Crippen molar-refractivity contribution in [3.63, 3.8) is 0 Å². The van der Waals surface area contributed by atoms with E-state index in [0.29, 0.717) is 12.3 Å². The van der Waals surface area contributed by atoms with Crippen molar-refractivity contribution in [1.29, 1.82) is 0 Å². The van der Waals surface area contributed by atoms with Gasteiger partial charge in [0.05, 0.1) is 12.1 Å². The first-order chi connectivity index (χ1) is 9.10. The fourth-order valence-electron chi connectivity index (χ4n) is 2.93. The zero-order valence-corrected chi connectivity index (χ0v) is 11.4. The second-order valence-electron chi connectivity index (χ2n) is 5.49. The highest BCUT2D eigenvalue weighted by atomic mass is 16.5. The van der Waals surface area contributed by atoms with E-state index in [1.54, 1.807) is 7.11 Å². The summed E-state index contributed by atoms with van der Waals surface area (Å²) in [5.41, 5.74) is 5.20. The molecule has 6 heteroatoms. The molecule has 0 aliphatic carbocycles. The first-order valence-corrected chi connectivity index (χ1v) is 6.93. The third-order valence-electron chi connectivity index (χ3n) is 4.14. The Balaban J connectivity index is 1.78. The van der Waals surface area contributed by atoms with Gasteiger partial charge in [-0.2, -0.15) is 0 Å². The molecule has 0 aromatic heterocycles. The summed E-state index contributed by atoms with van der Waals surface area (Å²) >= 11 is 0. The molecule has 0 saturated carbocycles. The average Bonchev–Trinajstić information content (AvgIpc) is 2.87. The lowest BCUT2D eigenvalue weighted by Gasteiger charge is -2.33. The van der Waals surface area contributed by atoms with Crippen LogP contribution in [-0.4, -0.2) is 55.6 Å². The number of nitrogens with one attached hydrogen (secondary N) is 1.